The quantitative estimate of drug-likeness (QED) is 0.847. The normalized spacial score (nSPS) is 14.5. The number of nitrogens with zero attached hydrogens (tertiary/aromatic N) is 3. The van der Waals surface area contributed by atoms with Crippen molar-refractivity contribution in [3.05, 3.63) is 54.4 Å². The number of hydrogen-bond acceptors (Lipinski definition) is 4. The number of aryl methyl sites for hydroxylation is 1. The molecule has 1 aromatic carbocycles. The summed E-state index contributed by atoms with van der Waals surface area (Å²) in [6.07, 6.45) is 3.01. The minimum absolute atomic E-state index is 0.218. The first kappa shape index (κ1) is 16.3. The highest BCUT2D eigenvalue weighted by molar-refractivity contribution is 5.76. The van der Waals surface area contributed by atoms with Crippen LogP contribution in [0.3, 0.4) is 0 Å². The topological polar surface area (TPSA) is 45.7 Å². The molecule has 1 amide bonds. The van der Waals surface area contributed by atoms with Crippen LogP contribution < -0.4 is 9.64 Å². The van der Waals surface area contributed by atoms with E-state index in [9.17, 15) is 4.79 Å². The second kappa shape index (κ2) is 7.81. The zero-order valence-electron chi connectivity index (χ0n) is 14.0. The van der Waals surface area contributed by atoms with Crippen LogP contribution in [0.4, 0.5) is 5.69 Å². The first-order chi connectivity index (χ1) is 11.8. The number of carbonyl (C=O) groups is 1. The third kappa shape index (κ3) is 4.04. The van der Waals surface area contributed by atoms with E-state index in [2.05, 4.69) is 22.0 Å². The maximum absolute atomic E-state index is 12.4. The average Bonchev–Trinajstić information content (AvgIpc) is 2.67. The maximum Gasteiger partial charge on any atom is 0.223 e. The van der Waals surface area contributed by atoms with Gasteiger partial charge in [0.05, 0.1) is 7.11 Å². The van der Waals surface area contributed by atoms with Crippen molar-refractivity contribution in [1.29, 1.82) is 0 Å². The van der Waals surface area contributed by atoms with E-state index in [1.165, 1.54) is 5.69 Å². The molecule has 1 aromatic heterocycles. The van der Waals surface area contributed by atoms with Gasteiger partial charge in [-0.2, -0.15) is 0 Å². The SMILES string of the molecule is COc1ccc(N2CCN(C(=O)CCc3ccccn3)CC2)cc1. The van der Waals surface area contributed by atoms with Gasteiger partial charge in [-0.05, 0) is 42.8 Å². The van der Waals surface area contributed by atoms with Crippen molar-refractivity contribution in [3.63, 3.8) is 0 Å². The Kier molecular flexibility index (Phi) is 5.31. The molecule has 24 heavy (non-hydrogen) atoms. The molecule has 0 bridgehead atoms. The summed E-state index contributed by atoms with van der Waals surface area (Å²) in [6, 6.07) is 13.9. The zero-order chi connectivity index (χ0) is 16.8. The second-order valence-corrected chi connectivity index (χ2v) is 5.89. The average molecular weight is 325 g/mol. The molecule has 0 atom stereocenters. The van der Waals surface area contributed by atoms with E-state index in [0.29, 0.717) is 12.8 Å². The Labute approximate surface area is 142 Å². The van der Waals surface area contributed by atoms with Gasteiger partial charge in [-0.3, -0.25) is 9.78 Å². The number of carbonyl (C=O) groups excluding carboxylic acids is 1. The van der Waals surface area contributed by atoms with Crippen molar-refractivity contribution in [2.24, 2.45) is 0 Å². The summed E-state index contributed by atoms with van der Waals surface area (Å²) >= 11 is 0. The lowest BCUT2D eigenvalue weighted by molar-refractivity contribution is -0.131. The molecule has 5 heteroatoms. The van der Waals surface area contributed by atoms with Crippen LogP contribution in [0.15, 0.2) is 48.7 Å². The van der Waals surface area contributed by atoms with E-state index in [1.54, 1.807) is 13.3 Å². The van der Waals surface area contributed by atoms with Gasteiger partial charge < -0.3 is 14.5 Å². The summed E-state index contributed by atoms with van der Waals surface area (Å²) < 4.78 is 5.19. The highest BCUT2D eigenvalue weighted by Gasteiger charge is 2.21. The van der Waals surface area contributed by atoms with Crippen molar-refractivity contribution in [1.82, 2.24) is 9.88 Å². The van der Waals surface area contributed by atoms with Crippen LogP contribution >= 0.6 is 0 Å². The van der Waals surface area contributed by atoms with Gasteiger partial charge in [-0.25, -0.2) is 0 Å². The molecule has 0 unspecified atom stereocenters. The number of amides is 1. The number of piperazine rings is 1. The molecule has 0 radical (unpaired) electrons. The summed E-state index contributed by atoms with van der Waals surface area (Å²) in [4.78, 5) is 20.9. The van der Waals surface area contributed by atoms with Crippen LogP contribution in [0, 0.1) is 0 Å². The third-order valence-electron chi connectivity index (χ3n) is 4.39. The molecule has 2 heterocycles. The van der Waals surface area contributed by atoms with Crippen molar-refractivity contribution < 1.29 is 9.53 Å². The molecular weight excluding hydrogens is 302 g/mol. The molecule has 0 N–H and O–H groups in total. The number of benzene rings is 1. The summed E-state index contributed by atoms with van der Waals surface area (Å²) in [7, 11) is 1.67. The predicted molar refractivity (Wildman–Crippen MR) is 94.3 cm³/mol. The largest absolute Gasteiger partial charge is 0.497 e. The minimum Gasteiger partial charge on any atom is -0.497 e. The number of hydrogen-bond donors (Lipinski definition) is 0. The summed E-state index contributed by atoms with van der Waals surface area (Å²) in [6.45, 7) is 3.27. The van der Waals surface area contributed by atoms with E-state index in [-0.39, 0.29) is 5.91 Å². The number of methoxy groups -OCH3 is 1. The first-order valence-corrected chi connectivity index (χ1v) is 8.33. The van der Waals surface area contributed by atoms with Gasteiger partial charge in [0.2, 0.25) is 5.91 Å². The summed E-state index contributed by atoms with van der Waals surface area (Å²) in [5.41, 5.74) is 2.15. The molecular formula is C19H23N3O2. The second-order valence-electron chi connectivity index (χ2n) is 5.89. The molecule has 126 valence electrons. The Morgan fingerprint density at radius 3 is 2.46 bits per heavy atom. The Balaban J connectivity index is 1.48. The summed E-state index contributed by atoms with van der Waals surface area (Å²) in [5.74, 6) is 1.08. The molecule has 1 fully saturated rings. The van der Waals surface area contributed by atoms with Gasteiger partial charge in [0.15, 0.2) is 0 Å². The van der Waals surface area contributed by atoms with Gasteiger partial charge in [-0.15, -0.1) is 0 Å². The van der Waals surface area contributed by atoms with Gasteiger partial charge in [-0.1, -0.05) is 6.07 Å². The first-order valence-electron chi connectivity index (χ1n) is 8.33. The summed E-state index contributed by atoms with van der Waals surface area (Å²) in [5, 5.41) is 0. The predicted octanol–water partition coefficient (Wildman–Crippen LogP) is 2.37. The highest BCUT2D eigenvalue weighted by Crippen LogP contribution is 2.20. The van der Waals surface area contributed by atoms with Gasteiger partial charge in [0.25, 0.3) is 0 Å². The number of pyridine rings is 1. The molecule has 0 saturated carbocycles. The van der Waals surface area contributed by atoms with Crippen molar-refractivity contribution in [2.75, 3.05) is 38.2 Å². The van der Waals surface area contributed by atoms with Crippen LogP contribution in [0.1, 0.15) is 12.1 Å². The van der Waals surface area contributed by atoms with Crippen molar-refractivity contribution >= 4 is 11.6 Å². The fraction of sp³-hybridized carbons (Fsp3) is 0.368. The van der Waals surface area contributed by atoms with E-state index < -0.39 is 0 Å². The van der Waals surface area contributed by atoms with E-state index in [1.807, 2.05) is 35.2 Å². The monoisotopic (exact) mass is 325 g/mol. The Bertz CT molecular complexity index is 650. The molecule has 0 aliphatic carbocycles. The van der Waals surface area contributed by atoms with E-state index >= 15 is 0 Å². The van der Waals surface area contributed by atoms with Gasteiger partial charge in [0.1, 0.15) is 5.75 Å². The Hall–Kier alpha value is -2.56. The molecule has 1 aliphatic rings. The number of anilines is 1. The van der Waals surface area contributed by atoms with E-state index in [0.717, 1.165) is 37.6 Å². The van der Waals surface area contributed by atoms with Crippen molar-refractivity contribution in [2.45, 2.75) is 12.8 Å². The highest BCUT2D eigenvalue weighted by atomic mass is 16.5. The van der Waals surface area contributed by atoms with Crippen LogP contribution in [-0.2, 0) is 11.2 Å². The number of rotatable bonds is 5. The Morgan fingerprint density at radius 1 is 1.08 bits per heavy atom. The Morgan fingerprint density at radius 2 is 1.83 bits per heavy atom. The number of ether oxygens (including phenoxy) is 1. The third-order valence-corrected chi connectivity index (χ3v) is 4.39. The minimum atomic E-state index is 0.218. The molecule has 1 saturated heterocycles. The maximum atomic E-state index is 12.4. The standard InChI is InChI=1S/C19H23N3O2/c1-24-18-8-6-17(7-9-18)21-12-14-22(15-13-21)19(23)10-5-16-4-2-3-11-20-16/h2-4,6-9,11H,5,10,12-15H2,1H3. The van der Waals surface area contributed by atoms with Gasteiger partial charge >= 0.3 is 0 Å². The molecule has 5 nitrogen and oxygen atoms in total. The fourth-order valence-corrected chi connectivity index (χ4v) is 2.95. The van der Waals surface area contributed by atoms with Gasteiger partial charge in [0, 0.05) is 50.2 Å². The van der Waals surface area contributed by atoms with E-state index in [4.69, 9.17) is 4.74 Å². The molecule has 1 aliphatic heterocycles. The van der Waals surface area contributed by atoms with Crippen LogP contribution in [0.5, 0.6) is 5.75 Å². The molecule has 2 aromatic rings. The number of aromatic nitrogens is 1. The molecule has 0 spiro atoms. The lowest BCUT2D eigenvalue weighted by Gasteiger charge is -2.36. The fourth-order valence-electron chi connectivity index (χ4n) is 2.95. The zero-order valence-corrected chi connectivity index (χ0v) is 14.0. The van der Waals surface area contributed by atoms with Crippen LogP contribution in [0.25, 0.3) is 0 Å². The lowest BCUT2D eigenvalue weighted by Crippen LogP contribution is -2.48. The molecule has 3 rings (SSSR count). The van der Waals surface area contributed by atoms with Crippen molar-refractivity contribution in [3.8, 4) is 5.75 Å². The smallest absolute Gasteiger partial charge is 0.223 e. The van der Waals surface area contributed by atoms with Crippen LogP contribution in [-0.4, -0.2) is 49.1 Å². The van der Waals surface area contributed by atoms with Crippen LogP contribution in [0.2, 0.25) is 0 Å². The lowest BCUT2D eigenvalue weighted by atomic mass is 10.2.